The average molecular weight is 290 g/mol. The van der Waals surface area contributed by atoms with Gasteiger partial charge in [0.25, 0.3) is 0 Å². The molecule has 1 fully saturated rings. The number of carboxylic acid groups (broad SMARTS) is 1. The number of carbonyl (C=O) groups excluding carboxylic acids is 1. The van der Waals surface area contributed by atoms with Crippen molar-refractivity contribution in [3.63, 3.8) is 0 Å². The van der Waals surface area contributed by atoms with Gasteiger partial charge in [0, 0.05) is 18.8 Å². The molecule has 1 unspecified atom stereocenters. The Hall–Kier alpha value is -2.04. The van der Waals surface area contributed by atoms with Crippen molar-refractivity contribution in [2.45, 2.75) is 26.7 Å². The zero-order valence-electron chi connectivity index (χ0n) is 12.5. The molecule has 2 N–H and O–H groups in total. The summed E-state index contributed by atoms with van der Waals surface area (Å²) in [5, 5.41) is 11.8. The van der Waals surface area contributed by atoms with E-state index in [1.807, 2.05) is 4.90 Å². The van der Waals surface area contributed by atoms with Gasteiger partial charge in [-0.05, 0) is 29.9 Å². The number of para-hydroxylation sites is 1. The second-order valence-electron chi connectivity index (χ2n) is 5.90. The van der Waals surface area contributed by atoms with Gasteiger partial charge in [0.2, 0.25) is 0 Å². The van der Waals surface area contributed by atoms with E-state index < -0.39 is 5.97 Å². The molecular weight excluding hydrogens is 268 g/mol. The van der Waals surface area contributed by atoms with E-state index in [0.29, 0.717) is 23.1 Å². The number of carbonyl (C=O) groups is 2. The average Bonchev–Trinajstić information content (AvgIpc) is 2.90. The van der Waals surface area contributed by atoms with Gasteiger partial charge >= 0.3 is 12.0 Å². The smallest absolute Gasteiger partial charge is 0.321 e. The quantitative estimate of drug-likeness (QED) is 0.896. The Morgan fingerprint density at radius 2 is 2.10 bits per heavy atom. The third-order valence-corrected chi connectivity index (χ3v) is 4.06. The summed E-state index contributed by atoms with van der Waals surface area (Å²) < 4.78 is 0. The molecule has 0 spiro atoms. The Morgan fingerprint density at radius 1 is 1.38 bits per heavy atom. The van der Waals surface area contributed by atoms with Gasteiger partial charge in [-0.25, -0.2) is 4.79 Å². The van der Waals surface area contributed by atoms with Crippen molar-refractivity contribution in [1.29, 1.82) is 0 Å². The van der Waals surface area contributed by atoms with E-state index in [0.717, 1.165) is 19.5 Å². The Kier molecular flexibility index (Phi) is 4.83. The molecule has 1 saturated heterocycles. The molecule has 2 rings (SSSR count). The van der Waals surface area contributed by atoms with E-state index in [4.69, 9.17) is 5.11 Å². The van der Waals surface area contributed by atoms with E-state index in [-0.39, 0.29) is 12.5 Å². The molecule has 21 heavy (non-hydrogen) atoms. The monoisotopic (exact) mass is 290 g/mol. The van der Waals surface area contributed by atoms with Crippen molar-refractivity contribution in [3.8, 4) is 0 Å². The standard InChI is InChI=1S/C16H22N2O3/c1-11(2)13-7-8-18(10-13)16(21)17-14-6-4-3-5-12(14)9-15(19)20/h3-6,11,13H,7-10H2,1-2H3,(H,17,21)(H,19,20). The molecule has 1 aromatic carbocycles. The summed E-state index contributed by atoms with van der Waals surface area (Å²) in [6, 6.07) is 6.90. The van der Waals surface area contributed by atoms with Crippen LogP contribution in [0.4, 0.5) is 10.5 Å². The van der Waals surface area contributed by atoms with Gasteiger partial charge in [-0.3, -0.25) is 4.79 Å². The predicted octanol–water partition coefficient (Wildman–Crippen LogP) is 2.82. The number of amides is 2. The maximum absolute atomic E-state index is 12.3. The highest BCUT2D eigenvalue weighted by Crippen LogP contribution is 2.24. The molecule has 1 heterocycles. The number of urea groups is 1. The van der Waals surface area contributed by atoms with Crippen LogP contribution in [0.3, 0.4) is 0 Å². The lowest BCUT2D eigenvalue weighted by Crippen LogP contribution is -2.33. The third kappa shape index (κ3) is 3.97. The molecule has 0 bridgehead atoms. The van der Waals surface area contributed by atoms with Gasteiger partial charge in [0.1, 0.15) is 0 Å². The molecule has 1 aliphatic rings. The molecule has 1 aromatic rings. The lowest BCUT2D eigenvalue weighted by atomic mass is 9.95. The fourth-order valence-corrected chi connectivity index (χ4v) is 2.67. The zero-order chi connectivity index (χ0) is 15.4. The molecule has 1 aliphatic heterocycles. The summed E-state index contributed by atoms with van der Waals surface area (Å²) >= 11 is 0. The second kappa shape index (κ2) is 6.61. The molecule has 5 nitrogen and oxygen atoms in total. The van der Waals surface area contributed by atoms with Crippen LogP contribution in [0.15, 0.2) is 24.3 Å². The fourth-order valence-electron chi connectivity index (χ4n) is 2.67. The fraction of sp³-hybridized carbons (Fsp3) is 0.500. The van der Waals surface area contributed by atoms with Crippen LogP contribution in [-0.4, -0.2) is 35.1 Å². The SMILES string of the molecule is CC(C)C1CCN(C(=O)Nc2ccccc2CC(=O)O)C1. The van der Waals surface area contributed by atoms with Crippen molar-refractivity contribution in [2.24, 2.45) is 11.8 Å². The van der Waals surface area contributed by atoms with Crippen molar-refractivity contribution in [3.05, 3.63) is 29.8 Å². The first-order valence-corrected chi connectivity index (χ1v) is 7.33. The summed E-state index contributed by atoms with van der Waals surface area (Å²) in [6.45, 7) is 5.88. The first kappa shape index (κ1) is 15.4. The molecule has 0 saturated carbocycles. The predicted molar refractivity (Wildman–Crippen MR) is 81.3 cm³/mol. The van der Waals surface area contributed by atoms with Crippen LogP contribution in [0.5, 0.6) is 0 Å². The Morgan fingerprint density at radius 3 is 2.71 bits per heavy atom. The maximum Gasteiger partial charge on any atom is 0.321 e. The molecule has 0 radical (unpaired) electrons. The number of nitrogens with zero attached hydrogens (tertiary/aromatic N) is 1. The van der Waals surface area contributed by atoms with Crippen LogP contribution < -0.4 is 5.32 Å². The van der Waals surface area contributed by atoms with E-state index in [1.54, 1.807) is 24.3 Å². The topological polar surface area (TPSA) is 69.6 Å². The molecule has 2 amide bonds. The van der Waals surface area contributed by atoms with Crippen LogP contribution in [0, 0.1) is 11.8 Å². The van der Waals surface area contributed by atoms with Gasteiger partial charge < -0.3 is 15.3 Å². The van der Waals surface area contributed by atoms with E-state index in [9.17, 15) is 9.59 Å². The number of nitrogens with one attached hydrogen (secondary N) is 1. The van der Waals surface area contributed by atoms with Gasteiger partial charge in [-0.1, -0.05) is 32.0 Å². The van der Waals surface area contributed by atoms with Crippen molar-refractivity contribution in [2.75, 3.05) is 18.4 Å². The largest absolute Gasteiger partial charge is 0.481 e. The maximum atomic E-state index is 12.3. The number of anilines is 1. The summed E-state index contributed by atoms with van der Waals surface area (Å²) in [6.07, 6.45) is 0.937. The number of likely N-dealkylation sites (tertiary alicyclic amines) is 1. The summed E-state index contributed by atoms with van der Waals surface area (Å²) in [4.78, 5) is 25.0. The highest BCUT2D eigenvalue weighted by atomic mass is 16.4. The third-order valence-electron chi connectivity index (χ3n) is 4.06. The normalized spacial score (nSPS) is 18.0. The van der Waals surface area contributed by atoms with Crippen LogP contribution in [0.25, 0.3) is 0 Å². The van der Waals surface area contributed by atoms with E-state index in [1.165, 1.54) is 0 Å². The number of benzene rings is 1. The summed E-state index contributed by atoms with van der Waals surface area (Å²) in [7, 11) is 0. The summed E-state index contributed by atoms with van der Waals surface area (Å²) in [5.41, 5.74) is 1.20. The van der Waals surface area contributed by atoms with Crippen LogP contribution in [0.2, 0.25) is 0 Å². The van der Waals surface area contributed by atoms with Gasteiger partial charge in [-0.2, -0.15) is 0 Å². The zero-order valence-corrected chi connectivity index (χ0v) is 12.5. The number of rotatable bonds is 4. The van der Waals surface area contributed by atoms with Crippen LogP contribution in [-0.2, 0) is 11.2 Å². The Balaban J connectivity index is 2.02. The molecule has 0 aliphatic carbocycles. The van der Waals surface area contributed by atoms with Crippen molar-refractivity contribution in [1.82, 2.24) is 4.90 Å². The molecule has 114 valence electrons. The number of carboxylic acids is 1. The number of aliphatic carboxylic acids is 1. The second-order valence-corrected chi connectivity index (χ2v) is 5.90. The molecule has 1 atom stereocenters. The van der Waals surface area contributed by atoms with E-state index in [2.05, 4.69) is 19.2 Å². The molecule has 5 heteroatoms. The van der Waals surface area contributed by atoms with E-state index >= 15 is 0 Å². The Bertz CT molecular complexity index is 528. The molecular formula is C16H22N2O3. The highest BCUT2D eigenvalue weighted by molar-refractivity contribution is 5.91. The van der Waals surface area contributed by atoms with Gasteiger partial charge in [0.05, 0.1) is 6.42 Å². The number of hydrogen-bond acceptors (Lipinski definition) is 2. The molecule has 0 aromatic heterocycles. The highest BCUT2D eigenvalue weighted by Gasteiger charge is 2.28. The van der Waals surface area contributed by atoms with Crippen molar-refractivity contribution < 1.29 is 14.7 Å². The lowest BCUT2D eigenvalue weighted by molar-refractivity contribution is -0.136. The minimum Gasteiger partial charge on any atom is -0.481 e. The Labute approximate surface area is 125 Å². The summed E-state index contributed by atoms with van der Waals surface area (Å²) in [5.74, 6) is 0.213. The van der Waals surface area contributed by atoms with Crippen LogP contribution in [0.1, 0.15) is 25.8 Å². The minimum absolute atomic E-state index is 0.0922. The first-order chi connectivity index (χ1) is 9.97. The number of hydrogen-bond donors (Lipinski definition) is 2. The van der Waals surface area contributed by atoms with Crippen molar-refractivity contribution >= 4 is 17.7 Å². The first-order valence-electron chi connectivity index (χ1n) is 7.33. The van der Waals surface area contributed by atoms with Gasteiger partial charge in [-0.15, -0.1) is 0 Å². The van der Waals surface area contributed by atoms with Gasteiger partial charge in [0.15, 0.2) is 0 Å². The van der Waals surface area contributed by atoms with Crippen LogP contribution >= 0.6 is 0 Å². The minimum atomic E-state index is -0.905. The lowest BCUT2D eigenvalue weighted by Gasteiger charge is -2.19.